The van der Waals surface area contributed by atoms with Crippen molar-refractivity contribution in [3.63, 3.8) is 0 Å². The number of carbonyl (C=O) groups is 2. The highest BCUT2D eigenvalue weighted by molar-refractivity contribution is 9.10. The maximum absolute atomic E-state index is 12.0. The van der Waals surface area contributed by atoms with Crippen molar-refractivity contribution in [3.8, 4) is 0 Å². The van der Waals surface area contributed by atoms with E-state index >= 15 is 0 Å². The minimum absolute atomic E-state index is 0.0559. The van der Waals surface area contributed by atoms with Crippen LogP contribution in [0.15, 0.2) is 62.8 Å². The van der Waals surface area contributed by atoms with Crippen LogP contribution in [0.25, 0.3) is 0 Å². The summed E-state index contributed by atoms with van der Waals surface area (Å²) < 4.78 is 1.05. The SMILES string of the molecule is CC(C)(C)C(=O)NCCC(=O)Nc1ccc(Sc2ccc(Br)cc2)cc1. The summed E-state index contributed by atoms with van der Waals surface area (Å²) in [5, 5.41) is 5.62. The molecule has 0 unspecified atom stereocenters. The van der Waals surface area contributed by atoms with E-state index in [1.54, 1.807) is 11.8 Å². The highest BCUT2D eigenvalue weighted by Gasteiger charge is 2.20. The van der Waals surface area contributed by atoms with Gasteiger partial charge in [0.15, 0.2) is 0 Å². The van der Waals surface area contributed by atoms with E-state index in [2.05, 4.69) is 38.7 Å². The van der Waals surface area contributed by atoms with Crippen LogP contribution < -0.4 is 10.6 Å². The zero-order chi connectivity index (χ0) is 19.2. The number of benzene rings is 2. The Labute approximate surface area is 167 Å². The zero-order valence-electron chi connectivity index (χ0n) is 15.1. The van der Waals surface area contributed by atoms with Crippen LogP contribution in [-0.2, 0) is 9.59 Å². The summed E-state index contributed by atoms with van der Waals surface area (Å²) in [5.41, 5.74) is 0.302. The minimum atomic E-state index is -0.446. The normalized spacial score (nSPS) is 11.1. The lowest BCUT2D eigenvalue weighted by Gasteiger charge is -2.17. The standard InChI is InChI=1S/C20H23BrN2O2S/c1-20(2,3)19(25)22-13-12-18(24)23-15-6-10-17(11-7-15)26-16-8-4-14(21)5-9-16/h4-11H,12-13H2,1-3H3,(H,22,25)(H,23,24). The molecule has 2 aromatic rings. The molecule has 0 bridgehead atoms. The van der Waals surface area contributed by atoms with Crippen LogP contribution in [0.4, 0.5) is 5.69 Å². The molecule has 0 aliphatic heterocycles. The fraction of sp³-hybridized carbons (Fsp3) is 0.300. The van der Waals surface area contributed by atoms with Crippen molar-refractivity contribution in [1.82, 2.24) is 5.32 Å². The van der Waals surface area contributed by atoms with Gasteiger partial charge in [0.2, 0.25) is 11.8 Å². The molecule has 0 aliphatic rings. The van der Waals surface area contributed by atoms with Gasteiger partial charge in [-0.1, -0.05) is 48.5 Å². The number of halogens is 1. The molecule has 138 valence electrons. The van der Waals surface area contributed by atoms with Gasteiger partial charge in [-0.05, 0) is 48.5 Å². The summed E-state index contributed by atoms with van der Waals surface area (Å²) in [6.45, 7) is 5.86. The molecule has 0 saturated heterocycles. The molecule has 26 heavy (non-hydrogen) atoms. The summed E-state index contributed by atoms with van der Waals surface area (Å²) >= 11 is 5.09. The van der Waals surface area contributed by atoms with E-state index < -0.39 is 5.41 Å². The van der Waals surface area contributed by atoms with Gasteiger partial charge >= 0.3 is 0 Å². The Morgan fingerprint density at radius 2 is 1.50 bits per heavy atom. The third-order valence-electron chi connectivity index (χ3n) is 3.51. The van der Waals surface area contributed by atoms with Crippen LogP contribution in [-0.4, -0.2) is 18.4 Å². The van der Waals surface area contributed by atoms with E-state index in [1.165, 1.54) is 0 Å². The van der Waals surface area contributed by atoms with Gasteiger partial charge in [0, 0.05) is 38.3 Å². The van der Waals surface area contributed by atoms with Crippen molar-refractivity contribution < 1.29 is 9.59 Å². The van der Waals surface area contributed by atoms with Crippen molar-refractivity contribution in [2.75, 3.05) is 11.9 Å². The van der Waals surface area contributed by atoms with Gasteiger partial charge in [-0.2, -0.15) is 0 Å². The topological polar surface area (TPSA) is 58.2 Å². The largest absolute Gasteiger partial charge is 0.355 e. The fourth-order valence-corrected chi connectivity index (χ4v) is 3.10. The second-order valence-electron chi connectivity index (χ2n) is 6.88. The molecule has 0 spiro atoms. The lowest BCUT2D eigenvalue weighted by Crippen LogP contribution is -2.36. The molecule has 0 aromatic heterocycles. The Morgan fingerprint density at radius 1 is 0.962 bits per heavy atom. The van der Waals surface area contributed by atoms with Crippen molar-refractivity contribution in [1.29, 1.82) is 0 Å². The Bertz CT molecular complexity index is 753. The number of carbonyl (C=O) groups excluding carboxylic acids is 2. The molecule has 0 heterocycles. The smallest absolute Gasteiger partial charge is 0.226 e. The van der Waals surface area contributed by atoms with Crippen LogP contribution >= 0.6 is 27.7 Å². The summed E-state index contributed by atoms with van der Waals surface area (Å²) in [4.78, 5) is 26.0. The first-order valence-electron chi connectivity index (χ1n) is 8.36. The van der Waals surface area contributed by atoms with E-state index in [0.717, 1.165) is 20.0 Å². The molecule has 2 rings (SSSR count). The fourth-order valence-electron chi connectivity index (χ4n) is 2.02. The Hall–Kier alpha value is -1.79. The monoisotopic (exact) mass is 434 g/mol. The first kappa shape index (κ1) is 20.5. The molecule has 2 aromatic carbocycles. The van der Waals surface area contributed by atoms with Crippen molar-refractivity contribution in [2.24, 2.45) is 5.41 Å². The highest BCUT2D eigenvalue weighted by Crippen LogP contribution is 2.29. The van der Waals surface area contributed by atoms with E-state index in [9.17, 15) is 9.59 Å². The molecule has 0 atom stereocenters. The van der Waals surface area contributed by atoms with E-state index in [4.69, 9.17) is 0 Å². The summed E-state index contributed by atoms with van der Waals surface area (Å²) in [6, 6.07) is 15.8. The van der Waals surface area contributed by atoms with Gasteiger partial charge in [0.1, 0.15) is 0 Å². The third kappa shape index (κ3) is 6.84. The quantitative estimate of drug-likeness (QED) is 0.665. The average molecular weight is 435 g/mol. The number of nitrogens with one attached hydrogen (secondary N) is 2. The Kier molecular flexibility index (Phi) is 7.29. The van der Waals surface area contributed by atoms with Crippen LogP contribution in [0.3, 0.4) is 0 Å². The Balaban J connectivity index is 1.80. The maximum atomic E-state index is 12.0. The number of hydrogen-bond acceptors (Lipinski definition) is 3. The molecule has 0 aliphatic carbocycles. The van der Waals surface area contributed by atoms with Gasteiger partial charge in [0.05, 0.1) is 0 Å². The predicted octanol–water partition coefficient (Wildman–Crippen LogP) is 5.09. The molecule has 6 heteroatoms. The minimum Gasteiger partial charge on any atom is -0.355 e. The van der Waals surface area contributed by atoms with Gasteiger partial charge in [-0.25, -0.2) is 0 Å². The summed E-state index contributed by atoms with van der Waals surface area (Å²) in [5.74, 6) is -0.174. The number of anilines is 1. The van der Waals surface area contributed by atoms with Crippen LogP contribution in [0.1, 0.15) is 27.2 Å². The first-order valence-corrected chi connectivity index (χ1v) is 9.96. The number of hydrogen-bond donors (Lipinski definition) is 2. The summed E-state index contributed by atoms with van der Waals surface area (Å²) in [7, 11) is 0. The van der Waals surface area contributed by atoms with Crippen molar-refractivity contribution in [3.05, 3.63) is 53.0 Å². The van der Waals surface area contributed by atoms with Crippen LogP contribution in [0.2, 0.25) is 0 Å². The van der Waals surface area contributed by atoms with Gasteiger partial charge < -0.3 is 10.6 Å². The average Bonchev–Trinajstić information content (AvgIpc) is 2.58. The predicted molar refractivity (Wildman–Crippen MR) is 110 cm³/mol. The molecule has 0 radical (unpaired) electrons. The van der Waals surface area contributed by atoms with Crippen LogP contribution in [0, 0.1) is 5.41 Å². The molecule has 2 N–H and O–H groups in total. The van der Waals surface area contributed by atoms with E-state index in [1.807, 2.05) is 57.2 Å². The van der Waals surface area contributed by atoms with Crippen molar-refractivity contribution >= 4 is 45.2 Å². The second kappa shape index (κ2) is 9.24. The van der Waals surface area contributed by atoms with Crippen LogP contribution in [0.5, 0.6) is 0 Å². The van der Waals surface area contributed by atoms with E-state index in [0.29, 0.717) is 6.54 Å². The molecule has 0 fully saturated rings. The van der Waals surface area contributed by atoms with Gasteiger partial charge in [-0.15, -0.1) is 0 Å². The Morgan fingerprint density at radius 3 is 2.04 bits per heavy atom. The zero-order valence-corrected chi connectivity index (χ0v) is 17.5. The lowest BCUT2D eigenvalue weighted by molar-refractivity contribution is -0.128. The lowest BCUT2D eigenvalue weighted by atomic mass is 9.96. The third-order valence-corrected chi connectivity index (χ3v) is 5.05. The number of amides is 2. The van der Waals surface area contributed by atoms with Gasteiger partial charge in [-0.3, -0.25) is 9.59 Å². The molecule has 4 nitrogen and oxygen atoms in total. The van der Waals surface area contributed by atoms with Gasteiger partial charge in [0.25, 0.3) is 0 Å². The molecular formula is C20H23BrN2O2S. The molecule has 0 saturated carbocycles. The maximum Gasteiger partial charge on any atom is 0.226 e. The first-order chi connectivity index (χ1) is 12.2. The number of rotatable bonds is 6. The van der Waals surface area contributed by atoms with E-state index in [-0.39, 0.29) is 18.2 Å². The molecule has 2 amide bonds. The molecular weight excluding hydrogens is 412 g/mol. The van der Waals surface area contributed by atoms with Crippen molar-refractivity contribution in [2.45, 2.75) is 37.0 Å². The summed E-state index contributed by atoms with van der Waals surface area (Å²) in [6.07, 6.45) is 0.247. The second-order valence-corrected chi connectivity index (χ2v) is 8.95. The highest BCUT2D eigenvalue weighted by atomic mass is 79.9.